The Hall–Kier alpha value is -3.60. The number of imide groups is 2. The van der Waals surface area contributed by atoms with Crippen LogP contribution in [-0.4, -0.2) is 96.1 Å². The summed E-state index contributed by atoms with van der Waals surface area (Å²) < 4.78 is 4.76. The molecule has 11 nitrogen and oxygen atoms in total. The molecule has 1 aromatic rings. The van der Waals surface area contributed by atoms with Gasteiger partial charge in [0.15, 0.2) is 0 Å². The van der Waals surface area contributed by atoms with E-state index in [1.165, 1.54) is 19.2 Å². The minimum Gasteiger partial charge on any atom is -0.467 e. The number of carbonyl (C=O) groups excluding carboxylic acids is 6. The third kappa shape index (κ3) is 4.69. The molecule has 0 aromatic heterocycles. The zero-order valence-electron chi connectivity index (χ0n) is 19.6. The minimum atomic E-state index is -1.12. The fourth-order valence-electron chi connectivity index (χ4n) is 3.96. The van der Waals surface area contributed by atoms with Crippen molar-refractivity contribution >= 4 is 35.5 Å². The van der Waals surface area contributed by atoms with Gasteiger partial charge < -0.3 is 10.1 Å². The summed E-state index contributed by atoms with van der Waals surface area (Å²) in [5.41, 5.74) is 0.430. The Morgan fingerprint density at radius 3 is 2.24 bits per heavy atom. The summed E-state index contributed by atoms with van der Waals surface area (Å²) >= 11 is 0. The number of hydrogen-bond acceptors (Lipinski definition) is 8. The van der Waals surface area contributed by atoms with Crippen molar-refractivity contribution in [3.8, 4) is 0 Å². The summed E-state index contributed by atoms with van der Waals surface area (Å²) in [6.45, 7) is 1.47. The molecule has 0 saturated carbocycles. The first-order valence-electron chi connectivity index (χ1n) is 10.9. The number of likely N-dealkylation sites (tertiary alicyclic amines) is 1. The van der Waals surface area contributed by atoms with Gasteiger partial charge in [-0.2, -0.15) is 0 Å². The van der Waals surface area contributed by atoms with Crippen LogP contribution in [0.3, 0.4) is 0 Å². The van der Waals surface area contributed by atoms with Crippen molar-refractivity contribution in [1.29, 1.82) is 0 Å². The van der Waals surface area contributed by atoms with Crippen LogP contribution in [0.2, 0.25) is 0 Å². The summed E-state index contributed by atoms with van der Waals surface area (Å²) in [6.07, 6.45) is -0.0985. The SMILES string of the molecule is COC(=O)C(CCN1C(=O)CCC(N2C(=O)c3ccccc3C2=O)C1=O)NC(=O)C(C)N(C)C. The smallest absolute Gasteiger partial charge is 0.328 e. The molecule has 0 aliphatic carbocycles. The van der Waals surface area contributed by atoms with Crippen LogP contribution in [0.5, 0.6) is 0 Å². The average molecular weight is 472 g/mol. The van der Waals surface area contributed by atoms with Gasteiger partial charge in [-0.3, -0.25) is 38.7 Å². The minimum absolute atomic E-state index is 0.0250. The van der Waals surface area contributed by atoms with E-state index in [0.29, 0.717) is 0 Å². The van der Waals surface area contributed by atoms with Gasteiger partial charge in [0, 0.05) is 13.0 Å². The van der Waals surface area contributed by atoms with Crippen LogP contribution in [0, 0.1) is 0 Å². The molecule has 34 heavy (non-hydrogen) atoms. The monoisotopic (exact) mass is 472 g/mol. The number of nitrogens with one attached hydrogen (secondary N) is 1. The second-order valence-corrected chi connectivity index (χ2v) is 8.48. The molecule has 0 radical (unpaired) electrons. The summed E-state index contributed by atoms with van der Waals surface area (Å²) in [6, 6.07) is 3.57. The quantitative estimate of drug-likeness (QED) is 0.406. The summed E-state index contributed by atoms with van der Waals surface area (Å²) in [7, 11) is 4.59. The van der Waals surface area contributed by atoms with Crippen molar-refractivity contribution in [3.05, 3.63) is 35.4 Å². The van der Waals surface area contributed by atoms with Crippen LogP contribution in [0.15, 0.2) is 24.3 Å². The Balaban J connectivity index is 1.74. The van der Waals surface area contributed by atoms with Crippen molar-refractivity contribution in [2.75, 3.05) is 27.7 Å². The molecule has 1 aromatic carbocycles. The second kappa shape index (κ2) is 10.1. The van der Waals surface area contributed by atoms with Crippen molar-refractivity contribution in [2.45, 2.75) is 44.3 Å². The highest BCUT2D eigenvalue weighted by atomic mass is 16.5. The van der Waals surface area contributed by atoms with Gasteiger partial charge in [0.25, 0.3) is 17.7 Å². The molecule has 1 saturated heterocycles. The van der Waals surface area contributed by atoms with E-state index >= 15 is 0 Å². The summed E-state index contributed by atoms with van der Waals surface area (Å²) in [5.74, 6) is -3.46. The molecule has 3 rings (SSSR count). The Kier molecular flexibility index (Phi) is 7.45. The molecule has 3 atom stereocenters. The molecule has 2 aliphatic heterocycles. The van der Waals surface area contributed by atoms with E-state index in [2.05, 4.69) is 5.32 Å². The van der Waals surface area contributed by atoms with Gasteiger partial charge >= 0.3 is 5.97 Å². The number of benzene rings is 1. The maximum absolute atomic E-state index is 13.2. The molecule has 2 heterocycles. The Morgan fingerprint density at radius 2 is 1.71 bits per heavy atom. The number of hydrogen-bond donors (Lipinski definition) is 1. The number of ether oxygens (including phenoxy) is 1. The van der Waals surface area contributed by atoms with Crippen LogP contribution in [0.1, 0.15) is 46.9 Å². The third-order valence-corrected chi connectivity index (χ3v) is 6.22. The molecule has 0 bridgehead atoms. The van der Waals surface area contributed by atoms with Crippen LogP contribution >= 0.6 is 0 Å². The summed E-state index contributed by atoms with van der Waals surface area (Å²) in [4.78, 5) is 79.5. The second-order valence-electron chi connectivity index (χ2n) is 8.48. The number of likely N-dealkylation sites (N-methyl/N-ethyl adjacent to an activating group) is 1. The first-order chi connectivity index (χ1) is 16.1. The molecular weight excluding hydrogens is 444 g/mol. The molecule has 182 valence electrons. The molecule has 3 unspecified atom stereocenters. The number of piperidine rings is 1. The first kappa shape index (κ1) is 25.0. The lowest BCUT2D eigenvalue weighted by molar-refractivity contribution is -0.153. The molecule has 5 amide bonds. The standard InChI is InChI=1S/C23H28N4O7/c1-13(25(2)3)19(29)24-16(23(33)34-4)11-12-26-18(28)10-9-17(22(26)32)27-20(30)14-7-5-6-8-15(14)21(27)31/h5-8,13,16-17H,9-12H2,1-4H3,(H,24,29). The van der Waals surface area contributed by atoms with Gasteiger partial charge in [-0.15, -0.1) is 0 Å². The predicted molar refractivity (Wildman–Crippen MR) is 118 cm³/mol. The zero-order chi connectivity index (χ0) is 25.2. The molecule has 11 heteroatoms. The number of carbonyl (C=O) groups is 6. The maximum atomic E-state index is 13.2. The van der Waals surface area contributed by atoms with E-state index in [0.717, 1.165) is 9.80 Å². The van der Waals surface area contributed by atoms with Crippen LogP contribution in [0.4, 0.5) is 0 Å². The van der Waals surface area contributed by atoms with E-state index in [9.17, 15) is 28.8 Å². The number of nitrogens with zero attached hydrogens (tertiary/aromatic N) is 3. The van der Waals surface area contributed by atoms with E-state index < -0.39 is 53.6 Å². The number of amides is 5. The lowest BCUT2D eigenvalue weighted by Gasteiger charge is -2.35. The fraction of sp³-hybridized carbons (Fsp3) is 0.478. The van der Waals surface area contributed by atoms with Gasteiger partial charge in [0.2, 0.25) is 11.8 Å². The normalized spacial score (nSPS) is 19.9. The molecule has 2 aliphatic rings. The zero-order valence-corrected chi connectivity index (χ0v) is 19.6. The third-order valence-electron chi connectivity index (χ3n) is 6.22. The summed E-state index contributed by atoms with van der Waals surface area (Å²) in [5, 5.41) is 2.59. The van der Waals surface area contributed by atoms with Crippen LogP contribution < -0.4 is 5.32 Å². The lowest BCUT2D eigenvalue weighted by atomic mass is 10.0. The highest BCUT2D eigenvalue weighted by Crippen LogP contribution is 2.29. The Morgan fingerprint density at radius 1 is 1.12 bits per heavy atom. The number of esters is 1. The van der Waals surface area contributed by atoms with Gasteiger partial charge in [-0.25, -0.2) is 4.79 Å². The predicted octanol–water partition coefficient (Wildman–Crippen LogP) is -0.202. The molecule has 1 fully saturated rings. The van der Waals surface area contributed by atoms with E-state index in [-0.39, 0.29) is 36.9 Å². The number of fused-ring (bicyclic) bond motifs is 1. The van der Waals surface area contributed by atoms with E-state index in [1.807, 2.05) is 0 Å². The molecular formula is C23H28N4O7. The molecule has 0 spiro atoms. The average Bonchev–Trinajstić information content (AvgIpc) is 3.07. The van der Waals surface area contributed by atoms with Crippen molar-refractivity contribution in [3.63, 3.8) is 0 Å². The van der Waals surface area contributed by atoms with Gasteiger partial charge in [0.1, 0.15) is 12.1 Å². The lowest BCUT2D eigenvalue weighted by Crippen LogP contribution is -2.57. The Bertz CT molecular complexity index is 1000. The first-order valence-corrected chi connectivity index (χ1v) is 10.9. The molecule has 1 N–H and O–H groups in total. The Labute approximate surface area is 197 Å². The van der Waals surface area contributed by atoms with Gasteiger partial charge in [-0.05, 0) is 46.0 Å². The van der Waals surface area contributed by atoms with Gasteiger partial charge in [-0.1, -0.05) is 12.1 Å². The topological polar surface area (TPSA) is 133 Å². The van der Waals surface area contributed by atoms with E-state index in [1.54, 1.807) is 38.1 Å². The van der Waals surface area contributed by atoms with Crippen LogP contribution in [-0.2, 0) is 23.9 Å². The number of rotatable bonds is 8. The van der Waals surface area contributed by atoms with Crippen LogP contribution in [0.25, 0.3) is 0 Å². The maximum Gasteiger partial charge on any atom is 0.328 e. The largest absolute Gasteiger partial charge is 0.467 e. The van der Waals surface area contributed by atoms with E-state index in [4.69, 9.17) is 4.74 Å². The number of methoxy groups -OCH3 is 1. The van der Waals surface area contributed by atoms with Gasteiger partial charge in [0.05, 0.1) is 24.3 Å². The fourth-order valence-corrected chi connectivity index (χ4v) is 3.96. The highest BCUT2D eigenvalue weighted by molar-refractivity contribution is 6.23. The highest BCUT2D eigenvalue weighted by Gasteiger charge is 2.47. The van der Waals surface area contributed by atoms with Crippen molar-refractivity contribution in [1.82, 2.24) is 20.0 Å². The van der Waals surface area contributed by atoms with Crippen molar-refractivity contribution in [2.24, 2.45) is 0 Å². The van der Waals surface area contributed by atoms with Crippen molar-refractivity contribution < 1.29 is 33.5 Å².